The van der Waals surface area contributed by atoms with Gasteiger partial charge in [0.05, 0.1) is 18.8 Å². The van der Waals surface area contributed by atoms with Crippen LogP contribution >= 0.6 is 0 Å². The number of benzene rings is 1. The maximum Gasteiger partial charge on any atom is 0.326 e. The number of rotatable bonds is 16. The Labute approximate surface area is 238 Å². The van der Waals surface area contributed by atoms with Crippen molar-refractivity contribution in [1.82, 2.24) is 30.9 Å². The van der Waals surface area contributed by atoms with Crippen molar-refractivity contribution < 1.29 is 39.0 Å². The molecule has 3 rings (SSSR count). The number of imidazole rings is 1. The lowest BCUT2D eigenvalue weighted by Gasteiger charge is -2.24. The normalized spacial score (nSPS) is 13.8. The van der Waals surface area contributed by atoms with Gasteiger partial charge >= 0.3 is 11.9 Å². The van der Waals surface area contributed by atoms with Crippen molar-refractivity contribution in [1.29, 1.82) is 0 Å². The molecule has 0 aliphatic heterocycles. The molecule has 16 nitrogen and oxygen atoms in total. The number of nitrogens with zero attached hydrogens (tertiary/aromatic N) is 1. The van der Waals surface area contributed by atoms with Gasteiger partial charge in [0.1, 0.15) is 18.1 Å². The van der Waals surface area contributed by atoms with Crippen molar-refractivity contribution in [3.63, 3.8) is 0 Å². The minimum atomic E-state index is -1.58. The second kappa shape index (κ2) is 14.4. The summed E-state index contributed by atoms with van der Waals surface area (Å²) in [4.78, 5) is 83.3. The van der Waals surface area contributed by atoms with Gasteiger partial charge < -0.3 is 47.6 Å². The van der Waals surface area contributed by atoms with E-state index in [9.17, 15) is 33.9 Å². The second-order valence-electron chi connectivity index (χ2n) is 9.58. The van der Waals surface area contributed by atoms with Crippen LogP contribution in [-0.4, -0.2) is 84.9 Å². The number of carboxylic acid groups (broad SMARTS) is 2. The predicted molar refractivity (Wildman–Crippen MR) is 146 cm³/mol. The molecule has 2 heterocycles. The molecule has 16 heteroatoms. The number of hydrogen-bond donors (Lipinski definition) is 9. The summed E-state index contributed by atoms with van der Waals surface area (Å²) in [5.41, 5.74) is 12.9. The molecule has 4 atom stereocenters. The van der Waals surface area contributed by atoms with Gasteiger partial charge in [-0.2, -0.15) is 0 Å². The molecule has 11 N–H and O–H groups in total. The Bertz CT molecular complexity index is 1440. The van der Waals surface area contributed by atoms with E-state index < -0.39 is 66.2 Å². The first-order valence-corrected chi connectivity index (χ1v) is 12.9. The van der Waals surface area contributed by atoms with Gasteiger partial charge in [-0.25, -0.2) is 9.78 Å². The maximum atomic E-state index is 13.5. The van der Waals surface area contributed by atoms with Crippen LogP contribution in [0.5, 0.6) is 0 Å². The van der Waals surface area contributed by atoms with Crippen LogP contribution in [0.1, 0.15) is 30.5 Å². The minimum absolute atomic E-state index is 0.0737. The Morgan fingerprint density at radius 1 is 0.881 bits per heavy atom. The van der Waals surface area contributed by atoms with Crippen molar-refractivity contribution >= 4 is 46.5 Å². The van der Waals surface area contributed by atoms with Crippen LogP contribution < -0.4 is 27.4 Å². The van der Waals surface area contributed by atoms with Crippen molar-refractivity contribution in [2.75, 3.05) is 0 Å². The van der Waals surface area contributed by atoms with E-state index in [2.05, 4.69) is 30.9 Å². The molecule has 2 aromatic heterocycles. The van der Waals surface area contributed by atoms with E-state index in [1.807, 2.05) is 6.07 Å². The third-order valence-corrected chi connectivity index (χ3v) is 6.37. The first-order chi connectivity index (χ1) is 19.9. The lowest BCUT2D eigenvalue weighted by molar-refractivity contribution is -0.142. The third kappa shape index (κ3) is 8.88. The smallest absolute Gasteiger partial charge is 0.326 e. The van der Waals surface area contributed by atoms with Crippen LogP contribution in [0.25, 0.3) is 10.9 Å². The number of nitrogens with two attached hydrogens (primary N) is 2. The quantitative estimate of drug-likeness (QED) is 0.0918. The Hall–Kier alpha value is -5.25. The Morgan fingerprint density at radius 2 is 1.55 bits per heavy atom. The zero-order valence-corrected chi connectivity index (χ0v) is 22.3. The number of para-hydroxylation sites is 1. The SMILES string of the molecule is NC(=O)CC(NC(=O)C(Cc1c[nH]c2ccccc12)NC(=O)C(N)CCC(=O)O)C(=O)NC(Cc1cnc[nH]1)C(=O)O. The van der Waals surface area contributed by atoms with Crippen molar-refractivity contribution in [2.24, 2.45) is 11.5 Å². The van der Waals surface area contributed by atoms with Gasteiger partial charge in [0.25, 0.3) is 0 Å². The fourth-order valence-electron chi connectivity index (χ4n) is 4.19. The lowest BCUT2D eigenvalue weighted by Crippen LogP contribution is -2.58. The largest absolute Gasteiger partial charge is 0.481 e. The van der Waals surface area contributed by atoms with E-state index in [4.69, 9.17) is 16.6 Å². The van der Waals surface area contributed by atoms with E-state index >= 15 is 0 Å². The number of carbonyl (C=O) groups excluding carboxylic acids is 4. The van der Waals surface area contributed by atoms with E-state index in [0.717, 1.165) is 10.9 Å². The van der Waals surface area contributed by atoms with Gasteiger partial charge in [-0.1, -0.05) is 18.2 Å². The predicted octanol–water partition coefficient (Wildman–Crippen LogP) is -1.72. The molecule has 4 amide bonds. The highest BCUT2D eigenvalue weighted by molar-refractivity contribution is 5.96. The number of carboxylic acids is 2. The van der Waals surface area contributed by atoms with Crippen molar-refractivity contribution in [2.45, 2.75) is 56.3 Å². The number of aromatic nitrogens is 3. The molecular formula is C26H32N8O8. The topological polar surface area (TPSA) is 275 Å². The lowest BCUT2D eigenvalue weighted by atomic mass is 10.0. The summed E-state index contributed by atoms with van der Waals surface area (Å²) >= 11 is 0. The molecule has 0 aliphatic carbocycles. The molecule has 1 aromatic carbocycles. The highest BCUT2D eigenvalue weighted by atomic mass is 16.4. The molecule has 0 fully saturated rings. The zero-order valence-electron chi connectivity index (χ0n) is 22.3. The second-order valence-corrected chi connectivity index (χ2v) is 9.58. The van der Waals surface area contributed by atoms with E-state index in [-0.39, 0.29) is 25.7 Å². The van der Waals surface area contributed by atoms with Crippen LogP contribution in [0.4, 0.5) is 0 Å². The average Bonchev–Trinajstić information content (AvgIpc) is 3.60. The number of aromatic amines is 2. The molecule has 42 heavy (non-hydrogen) atoms. The first kappa shape index (κ1) is 31.3. The van der Waals surface area contributed by atoms with Crippen molar-refractivity contribution in [3.8, 4) is 0 Å². The Kier molecular flexibility index (Phi) is 10.7. The molecule has 224 valence electrons. The van der Waals surface area contributed by atoms with E-state index in [0.29, 0.717) is 11.3 Å². The van der Waals surface area contributed by atoms with Gasteiger partial charge in [-0.15, -0.1) is 0 Å². The molecule has 0 radical (unpaired) electrons. The van der Waals surface area contributed by atoms with Gasteiger partial charge in [0.15, 0.2) is 0 Å². The van der Waals surface area contributed by atoms with Crippen LogP contribution in [0.3, 0.4) is 0 Å². The standard InChI is InChI=1S/C26H32N8O8/c27-16(5-6-22(36)37)23(38)32-18(7-13-10-30-17-4-2-1-3-15(13)17)24(39)33-19(9-21(28)35)25(40)34-20(26(41)42)8-14-11-29-12-31-14/h1-4,10-12,16,18-20,30H,5-9,27H2,(H2,28,35)(H,29,31)(H,32,38)(H,33,39)(H,34,40)(H,36,37)(H,41,42). The summed E-state index contributed by atoms with van der Waals surface area (Å²) in [5.74, 6) is -6.17. The monoisotopic (exact) mass is 584 g/mol. The number of amides is 4. The number of carbonyl (C=O) groups is 6. The molecule has 0 aliphatic rings. The molecule has 0 spiro atoms. The number of hydrogen-bond acceptors (Lipinski definition) is 8. The fraction of sp³-hybridized carbons (Fsp3) is 0.346. The molecule has 0 saturated carbocycles. The number of primary amides is 1. The van der Waals surface area contributed by atoms with Gasteiger partial charge in [0, 0.05) is 48.3 Å². The molecular weight excluding hydrogens is 552 g/mol. The number of H-pyrrole nitrogens is 2. The first-order valence-electron chi connectivity index (χ1n) is 12.9. The van der Waals surface area contributed by atoms with E-state index in [1.165, 1.54) is 12.5 Å². The van der Waals surface area contributed by atoms with Gasteiger partial charge in [-0.05, 0) is 18.1 Å². The fourth-order valence-corrected chi connectivity index (χ4v) is 4.19. The highest BCUT2D eigenvalue weighted by Gasteiger charge is 2.32. The number of nitrogens with one attached hydrogen (secondary N) is 5. The molecule has 3 aromatic rings. The van der Waals surface area contributed by atoms with Gasteiger partial charge in [-0.3, -0.25) is 24.0 Å². The minimum Gasteiger partial charge on any atom is -0.481 e. The summed E-state index contributed by atoms with van der Waals surface area (Å²) in [5, 5.41) is 26.4. The Balaban J connectivity index is 1.81. The highest BCUT2D eigenvalue weighted by Crippen LogP contribution is 2.19. The summed E-state index contributed by atoms with van der Waals surface area (Å²) in [6.45, 7) is 0. The van der Waals surface area contributed by atoms with Gasteiger partial charge in [0.2, 0.25) is 23.6 Å². The summed E-state index contributed by atoms with van der Waals surface area (Å²) < 4.78 is 0. The Morgan fingerprint density at radius 3 is 2.19 bits per heavy atom. The number of fused-ring (bicyclic) bond motifs is 1. The average molecular weight is 585 g/mol. The number of aliphatic carboxylic acids is 2. The molecule has 0 saturated heterocycles. The maximum absolute atomic E-state index is 13.5. The van der Waals surface area contributed by atoms with Crippen LogP contribution in [0.2, 0.25) is 0 Å². The van der Waals surface area contributed by atoms with Crippen LogP contribution in [0, 0.1) is 0 Å². The summed E-state index contributed by atoms with van der Waals surface area (Å²) in [7, 11) is 0. The van der Waals surface area contributed by atoms with Crippen LogP contribution in [0.15, 0.2) is 43.0 Å². The summed E-state index contributed by atoms with van der Waals surface area (Å²) in [6, 6.07) is 1.61. The molecule has 4 unspecified atom stereocenters. The molecule has 0 bridgehead atoms. The van der Waals surface area contributed by atoms with Crippen LogP contribution in [-0.2, 0) is 41.6 Å². The van der Waals surface area contributed by atoms with Crippen molar-refractivity contribution in [3.05, 3.63) is 54.2 Å². The van der Waals surface area contributed by atoms with E-state index in [1.54, 1.807) is 24.4 Å². The third-order valence-electron chi connectivity index (χ3n) is 6.37. The zero-order chi connectivity index (χ0) is 30.8. The summed E-state index contributed by atoms with van der Waals surface area (Å²) in [6.07, 6.45) is 2.88.